The summed E-state index contributed by atoms with van der Waals surface area (Å²) in [5, 5.41) is 3.07. The van der Waals surface area contributed by atoms with Crippen LogP contribution in [-0.2, 0) is 6.54 Å². The molecule has 1 amide bonds. The Bertz CT molecular complexity index is 1070. The molecule has 0 saturated carbocycles. The minimum Gasteiger partial charge on any atom is -0.497 e. The van der Waals surface area contributed by atoms with Gasteiger partial charge in [0.15, 0.2) is 5.78 Å². The van der Waals surface area contributed by atoms with E-state index in [1.807, 2.05) is 30.3 Å². The summed E-state index contributed by atoms with van der Waals surface area (Å²) in [6.07, 6.45) is 2.09. The summed E-state index contributed by atoms with van der Waals surface area (Å²) >= 11 is 0. The maximum Gasteiger partial charge on any atom is 0.252 e. The second-order valence-electron chi connectivity index (χ2n) is 8.52. The number of hydrogen-bond acceptors (Lipinski definition) is 4. The molecular formula is C28H30N2O3. The van der Waals surface area contributed by atoms with E-state index in [-0.39, 0.29) is 11.7 Å². The average Bonchev–Trinajstić information content (AvgIpc) is 2.88. The van der Waals surface area contributed by atoms with E-state index in [0.717, 1.165) is 38.2 Å². The van der Waals surface area contributed by atoms with Crippen LogP contribution in [0.4, 0.5) is 0 Å². The number of likely N-dealkylation sites (tertiary alicyclic amines) is 1. The average molecular weight is 443 g/mol. The van der Waals surface area contributed by atoms with Crippen LogP contribution < -0.4 is 10.1 Å². The Labute approximate surface area is 195 Å². The van der Waals surface area contributed by atoms with E-state index in [9.17, 15) is 9.59 Å². The van der Waals surface area contributed by atoms with Crippen molar-refractivity contribution in [3.63, 3.8) is 0 Å². The smallest absolute Gasteiger partial charge is 0.252 e. The highest BCUT2D eigenvalue weighted by Crippen LogP contribution is 2.20. The highest BCUT2D eigenvalue weighted by Gasteiger charge is 2.22. The summed E-state index contributed by atoms with van der Waals surface area (Å²) in [7, 11) is 1.68. The largest absolute Gasteiger partial charge is 0.497 e. The summed E-state index contributed by atoms with van der Waals surface area (Å²) < 4.78 is 5.23. The van der Waals surface area contributed by atoms with Crippen LogP contribution in [0, 0.1) is 5.92 Å². The van der Waals surface area contributed by atoms with Crippen molar-refractivity contribution in [1.29, 1.82) is 0 Å². The van der Waals surface area contributed by atoms with Gasteiger partial charge in [-0.2, -0.15) is 0 Å². The van der Waals surface area contributed by atoms with E-state index in [0.29, 0.717) is 29.2 Å². The molecule has 5 nitrogen and oxygen atoms in total. The summed E-state index contributed by atoms with van der Waals surface area (Å²) in [5.41, 5.74) is 2.74. The number of nitrogens with one attached hydrogen (secondary N) is 1. The van der Waals surface area contributed by atoms with Gasteiger partial charge >= 0.3 is 0 Å². The predicted molar refractivity (Wildman–Crippen MR) is 130 cm³/mol. The summed E-state index contributed by atoms with van der Waals surface area (Å²) in [6.45, 7) is 3.58. The summed E-state index contributed by atoms with van der Waals surface area (Å²) in [4.78, 5) is 28.3. The van der Waals surface area contributed by atoms with Crippen LogP contribution in [0.2, 0.25) is 0 Å². The van der Waals surface area contributed by atoms with Crippen LogP contribution in [-0.4, -0.2) is 43.3 Å². The van der Waals surface area contributed by atoms with Gasteiger partial charge in [-0.1, -0.05) is 60.7 Å². The number of methoxy groups -OCH3 is 1. The monoisotopic (exact) mass is 442 g/mol. The number of carbonyl (C=O) groups excluding carboxylic acids is 2. The van der Waals surface area contributed by atoms with E-state index < -0.39 is 0 Å². The van der Waals surface area contributed by atoms with Gasteiger partial charge < -0.3 is 10.1 Å². The van der Waals surface area contributed by atoms with Gasteiger partial charge in [-0.3, -0.25) is 14.5 Å². The second-order valence-corrected chi connectivity index (χ2v) is 8.52. The molecule has 1 aliphatic rings. The van der Waals surface area contributed by atoms with Gasteiger partial charge in [0.1, 0.15) is 5.75 Å². The van der Waals surface area contributed by atoms with Crippen molar-refractivity contribution in [2.75, 3.05) is 26.7 Å². The number of ketones is 1. The van der Waals surface area contributed by atoms with Crippen molar-refractivity contribution < 1.29 is 14.3 Å². The fourth-order valence-electron chi connectivity index (χ4n) is 4.29. The van der Waals surface area contributed by atoms with Crippen LogP contribution >= 0.6 is 0 Å². The van der Waals surface area contributed by atoms with Crippen molar-refractivity contribution >= 4 is 11.7 Å². The van der Waals surface area contributed by atoms with Gasteiger partial charge in [0.25, 0.3) is 5.91 Å². The lowest BCUT2D eigenvalue weighted by Crippen LogP contribution is -2.38. The number of piperidine rings is 1. The molecule has 0 unspecified atom stereocenters. The molecule has 3 aromatic rings. The minimum absolute atomic E-state index is 0.131. The molecule has 0 aromatic heterocycles. The van der Waals surface area contributed by atoms with Crippen LogP contribution in [0.1, 0.15) is 44.7 Å². The Morgan fingerprint density at radius 1 is 0.879 bits per heavy atom. The standard InChI is InChI=1S/C28H30N2O3/c1-33-24-13-11-22(12-14-24)20-30-17-15-21(16-18-30)19-29-28(32)26-10-6-5-9-25(26)27(31)23-7-3-2-4-8-23/h2-14,21H,15-20H2,1H3,(H,29,32). The molecule has 4 rings (SSSR count). The van der Waals surface area contributed by atoms with E-state index in [1.165, 1.54) is 5.56 Å². The molecule has 1 N–H and O–H groups in total. The van der Waals surface area contributed by atoms with Crippen molar-refractivity contribution in [2.24, 2.45) is 5.92 Å². The molecule has 0 spiro atoms. The number of benzene rings is 3. The van der Waals surface area contributed by atoms with Gasteiger partial charge in [-0.15, -0.1) is 0 Å². The Kier molecular flexibility index (Phi) is 7.53. The van der Waals surface area contributed by atoms with E-state index in [2.05, 4.69) is 22.3 Å². The molecule has 0 aliphatic carbocycles. The van der Waals surface area contributed by atoms with E-state index >= 15 is 0 Å². The fourth-order valence-corrected chi connectivity index (χ4v) is 4.29. The number of carbonyl (C=O) groups is 2. The lowest BCUT2D eigenvalue weighted by molar-refractivity contribution is 0.0925. The Balaban J connectivity index is 1.29. The normalized spacial score (nSPS) is 14.6. The molecule has 0 radical (unpaired) electrons. The lowest BCUT2D eigenvalue weighted by atomic mass is 9.95. The van der Waals surface area contributed by atoms with Gasteiger partial charge in [0, 0.05) is 24.2 Å². The van der Waals surface area contributed by atoms with Crippen LogP contribution in [0.25, 0.3) is 0 Å². The molecular weight excluding hydrogens is 412 g/mol. The lowest BCUT2D eigenvalue weighted by Gasteiger charge is -2.32. The van der Waals surface area contributed by atoms with Gasteiger partial charge in [0.05, 0.1) is 12.7 Å². The van der Waals surface area contributed by atoms with Gasteiger partial charge in [-0.05, 0) is 55.6 Å². The molecule has 0 bridgehead atoms. The fraction of sp³-hybridized carbons (Fsp3) is 0.286. The maximum atomic E-state index is 12.9. The summed E-state index contributed by atoms with van der Waals surface area (Å²) in [6, 6.07) is 24.3. The first-order chi connectivity index (χ1) is 16.1. The van der Waals surface area contributed by atoms with E-state index in [4.69, 9.17) is 4.74 Å². The molecule has 1 heterocycles. The molecule has 5 heteroatoms. The molecule has 1 aliphatic heterocycles. The summed E-state index contributed by atoms with van der Waals surface area (Å²) in [5.74, 6) is 1.00. The van der Waals surface area contributed by atoms with Crippen molar-refractivity contribution in [3.05, 3.63) is 101 Å². The van der Waals surface area contributed by atoms with Gasteiger partial charge in [-0.25, -0.2) is 0 Å². The quantitative estimate of drug-likeness (QED) is 0.519. The second kappa shape index (κ2) is 10.9. The zero-order chi connectivity index (χ0) is 23.0. The third-order valence-corrected chi connectivity index (χ3v) is 6.28. The number of rotatable bonds is 8. The zero-order valence-electron chi connectivity index (χ0n) is 19.0. The van der Waals surface area contributed by atoms with E-state index in [1.54, 1.807) is 43.5 Å². The molecule has 3 aromatic carbocycles. The molecule has 0 atom stereocenters. The molecule has 1 saturated heterocycles. The van der Waals surface area contributed by atoms with Crippen LogP contribution in [0.15, 0.2) is 78.9 Å². The number of ether oxygens (including phenoxy) is 1. The molecule has 33 heavy (non-hydrogen) atoms. The third-order valence-electron chi connectivity index (χ3n) is 6.28. The topological polar surface area (TPSA) is 58.6 Å². The third kappa shape index (κ3) is 5.88. The van der Waals surface area contributed by atoms with Crippen molar-refractivity contribution in [2.45, 2.75) is 19.4 Å². The first kappa shape index (κ1) is 22.7. The number of amides is 1. The van der Waals surface area contributed by atoms with Crippen LogP contribution in [0.3, 0.4) is 0 Å². The Hall–Kier alpha value is -3.44. The van der Waals surface area contributed by atoms with Gasteiger partial charge in [0.2, 0.25) is 0 Å². The molecule has 1 fully saturated rings. The number of hydrogen-bond donors (Lipinski definition) is 1. The van der Waals surface area contributed by atoms with Crippen molar-refractivity contribution in [3.8, 4) is 5.75 Å². The number of nitrogens with zero attached hydrogens (tertiary/aromatic N) is 1. The zero-order valence-corrected chi connectivity index (χ0v) is 19.0. The minimum atomic E-state index is -0.185. The van der Waals surface area contributed by atoms with Crippen molar-refractivity contribution in [1.82, 2.24) is 10.2 Å². The SMILES string of the molecule is COc1ccc(CN2CCC(CNC(=O)c3ccccc3C(=O)c3ccccc3)CC2)cc1. The maximum absolute atomic E-state index is 12.9. The Morgan fingerprint density at radius 3 is 2.18 bits per heavy atom. The Morgan fingerprint density at radius 2 is 1.52 bits per heavy atom. The highest BCUT2D eigenvalue weighted by atomic mass is 16.5. The predicted octanol–water partition coefficient (Wildman–Crippen LogP) is 4.57. The highest BCUT2D eigenvalue weighted by molar-refractivity contribution is 6.15. The first-order valence-electron chi connectivity index (χ1n) is 11.5. The van der Waals surface area contributed by atoms with Crippen LogP contribution in [0.5, 0.6) is 5.75 Å². The molecule has 170 valence electrons. The first-order valence-corrected chi connectivity index (χ1v) is 11.5.